The first kappa shape index (κ1) is 87.2. The molecule has 33 nitrogen and oxygen atoms in total. The maximum atomic E-state index is 15.4. The number of primary amides is 3. The fourth-order valence-corrected chi connectivity index (χ4v) is 13.6. The smallest absolute Gasteiger partial charge is 0.245 e. The predicted octanol–water partition coefficient (Wildman–Crippen LogP) is -0.422. The molecule has 594 valence electrons. The Kier molecular flexibility index (Phi) is 34.2. The summed E-state index contributed by atoms with van der Waals surface area (Å²) in [5.41, 5.74) is 43.1. The van der Waals surface area contributed by atoms with Gasteiger partial charge in [0.2, 0.25) is 76.8 Å². The highest BCUT2D eigenvalue weighted by Crippen LogP contribution is 2.26. The summed E-state index contributed by atoms with van der Waals surface area (Å²) in [7, 11) is 0. The summed E-state index contributed by atoms with van der Waals surface area (Å²) < 4.78 is 0. The Morgan fingerprint density at radius 3 is 1.36 bits per heavy atom. The van der Waals surface area contributed by atoms with Gasteiger partial charge in [0.05, 0.1) is 6.04 Å². The van der Waals surface area contributed by atoms with E-state index in [0.29, 0.717) is 66.1 Å². The lowest BCUT2D eigenvalue weighted by Gasteiger charge is -2.32. The van der Waals surface area contributed by atoms with Crippen LogP contribution in [0.1, 0.15) is 141 Å². The number of guanidine groups is 1. The number of benzene rings is 3. The average molecular weight is 1530 g/mol. The number of amides is 13. The van der Waals surface area contributed by atoms with Crippen LogP contribution in [0.5, 0.6) is 0 Å². The van der Waals surface area contributed by atoms with Crippen molar-refractivity contribution in [2.24, 2.45) is 57.0 Å². The highest BCUT2D eigenvalue weighted by Gasteiger charge is 2.43. The van der Waals surface area contributed by atoms with Crippen LogP contribution in [-0.2, 0) is 81.6 Å². The van der Waals surface area contributed by atoms with E-state index in [1.807, 2.05) is 45.9 Å². The molecule has 0 saturated carbocycles. The van der Waals surface area contributed by atoms with E-state index in [9.17, 15) is 47.9 Å². The zero-order chi connectivity index (χ0) is 78.7. The van der Waals surface area contributed by atoms with Gasteiger partial charge in [-0.15, -0.1) is 12.4 Å². The molecular weight excluding hydrogens is 1420 g/mol. The molecule has 11 atom stereocenters. The van der Waals surface area contributed by atoms with Gasteiger partial charge in [0.15, 0.2) is 5.96 Å². The Hall–Kier alpha value is -10.7. The van der Waals surface area contributed by atoms with Crippen LogP contribution in [0.4, 0.5) is 0 Å². The molecule has 34 heteroatoms. The summed E-state index contributed by atoms with van der Waals surface area (Å²) >= 11 is 0. The number of unbranched alkanes of at least 4 members (excludes halogenated alkanes) is 1. The SMILES string of the molecule is CC(C)CC(NC(=O)C(CC(C)C)NC(=O)C(Cc1c[nH]c2ccccc12)NC(=O)C(Cc1ccccc1)NC(=O)C(Cc1c[nH]c2ccccc12)NC(=O)C(CCC(N)=O)NC(=O)C(CCC(N)=O)NC(=O)C1CCCN1C(=O)C(CCCCN)NC(=O)C1CCCN1C(=O)C(N)CCCN=C(N)N)C(N)=O.Cl. The molecule has 0 radical (unpaired) electrons. The van der Waals surface area contributed by atoms with Crippen molar-refractivity contribution >= 4 is 117 Å². The molecule has 2 saturated heterocycles. The molecule has 4 heterocycles. The van der Waals surface area contributed by atoms with Crippen molar-refractivity contribution in [3.63, 3.8) is 0 Å². The van der Waals surface area contributed by atoms with Crippen LogP contribution < -0.4 is 82.7 Å². The standard InChI is InChI=1S/C75H108N20O13.ClH/c1-42(2)35-55(64(80)98)89-67(101)56(36-43(3)4)90-69(103)59(39-46-41-85-51-23-11-9-20-48(46)51)93-68(102)57(37-44-17-6-5-7-18-44)91-70(104)58(38-45-40-84-50-22-10-8-19-47(45)50)92-66(100)52(27-29-62(78)96)86-65(99)53(28-30-63(79)97)87-71(105)61-26-16-34-95(61)74(108)54(24-12-13-31-76)88-72(106)60-25-15-33-94(60)73(107)49(77)21-14-32-83-75(81)82;/h5-11,17-20,22-23,40-43,49,52-61,84-85H,12-16,21,24-39,76-77H2,1-4H3,(H2,78,96)(H2,79,97)(H2,80,98)(H,86,99)(H,87,105)(H,88,106)(H,89,101)(H,90,103)(H,91,104)(H,92,100)(H,93,102)(H4,81,82,83);1H. The van der Waals surface area contributed by atoms with Gasteiger partial charge in [-0.1, -0.05) is 94.4 Å². The van der Waals surface area contributed by atoms with E-state index in [2.05, 4.69) is 57.5 Å². The largest absolute Gasteiger partial charge is 0.370 e. The van der Waals surface area contributed by atoms with Crippen molar-refractivity contribution in [1.29, 1.82) is 0 Å². The number of H-pyrrole nitrogens is 2. The highest BCUT2D eigenvalue weighted by molar-refractivity contribution is 6.00. The molecule has 109 heavy (non-hydrogen) atoms. The fraction of sp³-hybridized carbons (Fsp3) is 0.520. The van der Waals surface area contributed by atoms with E-state index < -0.39 is 169 Å². The summed E-state index contributed by atoms with van der Waals surface area (Å²) in [5, 5.41) is 23.5. The summed E-state index contributed by atoms with van der Waals surface area (Å²) in [4.78, 5) is 197. The summed E-state index contributed by atoms with van der Waals surface area (Å²) in [5.74, 6) is -10.6. The van der Waals surface area contributed by atoms with E-state index in [1.54, 1.807) is 73.1 Å². The van der Waals surface area contributed by atoms with E-state index >= 15 is 14.4 Å². The van der Waals surface area contributed by atoms with Gasteiger partial charge < -0.3 is 102 Å². The minimum absolute atomic E-state index is 0. The number of carbonyl (C=O) groups excluding carboxylic acids is 13. The first-order chi connectivity index (χ1) is 51.5. The van der Waals surface area contributed by atoms with Crippen LogP contribution in [0.15, 0.2) is 96.2 Å². The van der Waals surface area contributed by atoms with Crippen LogP contribution in [0.2, 0.25) is 0 Å². The van der Waals surface area contributed by atoms with E-state index in [0.717, 1.165) is 10.9 Å². The number of aromatic nitrogens is 2. The topological polar surface area (TPSA) is 551 Å². The quantitative estimate of drug-likeness (QED) is 0.0134. The van der Waals surface area contributed by atoms with Crippen LogP contribution in [0.3, 0.4) is 0 Å². The summed E-state index contributed by atoms with van der Waals surface area (Å²) in [6.45, 7) is 8.24. The molecule has 3 aromatic carbocycles. The van der Waals surface area contributed by atoms with E-state index in [1.165, 1.54) is 9.80 Å². The molecular formula is C75H109ClN20O13. The van der Waals surface area contributed by atoms with Crippen molar-refractivity contribution in [3.05, 3.63) is 108 Å². The summed E-state index contributed by atoms with van der Waals surface area (Å²) in [6, 6.07) is 8.67. The lowest BCUT2D eigenvalue weighted by Crippen LogP contribution is -2.61. The van der Waals surface area contributed by atoms with Gasteiger partial charge in [-0.05, 0) is 131 Å². The number of nitrogens with one attached hydrogen (secondary N) is 10. The number of carbonyl (C=O) groups is 13. The van der Waals surface area contributed by atoms with Crippen molar-refractivity contribution in [2.45, 2.75) is 210 Å². The Balaban J connectivity index is 0.0000186. The van der Waals surface area contributed by atoms with Gasteiger partial charge >= 0.3 is 0 Å². The first-order valence-corrected chi connectivity index (χ1v) is 37.1. The van der Waals surface area contributed by atoms with Crippen molar-refractivity contribution in [2.75, 3.05) is 26.2 Å². The molecule has 2 fully saturated rings. The number of hydrogen-bond acceptors (Lipinski definition) is 16. The van der Waals surface area contributed by atoms with Gasteiger partial charge in [-0.3, -0.25) is 67.3 Å². The number of rotatable bonds is 43. The molecule has 5 aromatic rings. The lowest BCUT2D eigenvalue weighted by atomic mass is 9.98. The fourth-order valence-electron chi connectivity index (χ4n) is 13.6. The molecule has 7 rings (SSSR count). The predicted molar refractivity (Wildman–Crippen MR) is 412 cm³/mol. The Morgan fingerprint density at radius 1 is 0.468 bits per heavy atom. The third kappa shape index (κ3) is 26.3. The third-order valence-electron chi connectivity index (χ3n) is 19.2. The van der Waals surface area contributed by atoms with Gasteiger partial charge in [-0.25, -0.2) is 0 Å². The number of aromatic amines is 2. The number of para-hydroxylation sites is 2. The number of nitrogens with zero attached hydrogens (tertiary/aromatic N) is 3. The normalized spacial score (nSPS) is 16.6. The highest BCUT2D eigenvalue weighted by atomic mass is 35.5. The van der Waals surface area contributed by atoms with Gasteiger partial charge in [-0.2, -0.15) is 0 Å². The number of likely N-dealkylation sites (tertiary alicyclic amines) is 2. The van der Waals surface area contributed by atoms with Crippen molar-refractivity contribution < 1.29 is 62.3 Å². The molecule has 13 amide bonds. The van der Waals surface area contributed by atoms with Crippen LogP contribution >= 0.6 is 12.4 Å². The summed E-state index contributed by atoms with van der Waals surface area (Å²) in [6.07, 6.45) is 4.13. The Bertz CT molecular complexity index is 4000. The average Bonchev–Trinajstić information content (AvgIpc) is 1.74. The molecule has 0 aliphatic carbocycles. The molecule has 2 aliphatic heterocycles. The molecule has 2 aromatic heterocycles. The van der Waals surface area contributed by atoms with Crippen molar-refractivity contribution in [3.8, 4) is 0 Å². The van der Waals surface area contributed by atoms with Gasteiger partial charge in [0, 0.05) is 85.9 Å². The monoisotopic (exact) mass is 1530 g/mol. The van der Waals surface area contributed by atoms with Crippen LogP contribution in [0, 0.1) is 11.8 Å². The Morgan fingerprint density at radius 2 is 0.881 bits per heavy atom. The number of nitrogens with two attached hydrogens (primary N) is 7. The molecule has 24 N–H and O–H groups in total. The number of halogens is 1. The minimum Gasteiger partial charge on any atom is -0.370 e. The molecule has 0 bridgehead atoms. The van der Waals surface area contributed by atoms with Crippen molar-refractivity contribution in [1.82, 2.24) is 62.3 Å². The van der Waals surface area contributed by atoms with Gasteiger partial charge in [0.1, 0.15) is 60.4 Å². The lowest BCUT2D eigenvalue weighted by molar-refractivity contribution is -0.144. The molecule has 0 spiro atoms. The first-order valence-electron chi connectivity index (χ1n) is 37.1. The Labute approximate surface area is 639 Å². The minimum atomic E-state index is -1.69. The second-order valence-electron chi connectivity index (χ2n) is 28.7. The maximum Gasteiger partial charge on any atom is 0.245 e. The van der Waals surface area contributed by atoms with E-state index in [4.69, 9.17) is 40.1 Å². The number of fused-ring (bicyclic) bond motifs is 2. The number of hydrogen-bond donors (Lipinski definition) is 17. The third-order valence-corrected chi connectivity index (χ3v) is 19.2. The second-order valence-corrected chi connectivity index (χ2v) is 28.7. The zero-order valence-corrected chi connectivity index (χ0v) is 63.1. The van der Waals surface area contributed by atoms with Crippen LogP contribution in [-0.4, -0.2) is 195 Å². The van der Waals surface area contributed by atoms with Gasteiger partial charge in [0.25, 0.3) is 0 Å². The maximum absolute atomic E-state index is 15.4. The number of aliphatic imine (C=N–C) groups is 1. The zero-order valence-electron chi connectivity index (χ0n) is 62.3. The molecule has 2 aliphatic rings. The van der Waals surface area contributed by atoms with Crippen LogP contribution in [0.25, 0.3) is 21.8 Å². The van der Waals surface area contributed by atoms with E-state index in [-0.39, 0.29) is 108 Å². The molecule has 11 unspecified atom stereocenters. The second kappa shape index (κ2) is 42.8.